The average molecular weight is 256 g/mol. The van der Waals surface area contributed by atoms with Crippen molar-refractivity contribution in [2.24, 2.45) is 0 Å². The number of thiazole rings is 1. The van der Waals surface area contributed by atoms with Crippen LogP contribution in [-0.2, 0) is 16.1 Å². The van der Waals surface area contributed by atoms with Crippen molar-refractivity contribution in [2.45, 2.75) is 46.3 Å². The van der Waals surface area contributed by atoms with Crippen molar-refractivity contribution < 1.29 is 9.53 Å². The molecule has 1 aromatic rings. The molecule has 0 saturated carbocycles. The van der Waals surface area contributed by atoms with Crippen molar-refractivity contribution in [2.75, 3.05) is 6.54 Å². The summed E-state index contributed by atoms with van der Waals surface area (Å²) in [5.74, 6) is -0.167. The van der Waals surface area contributed by atoms with E-state index in [0.717, 1.165) is 10.7 Å². The number of hydrogen-bond acceptors (Lipinski definition) is 5. The number of esters is 1. The van der Waals surface area contributed by atoms with Gasteiger partial charge in [-0.05, 0) is 27.7 Å². The zero-order chi connectivity index (χ0) is 12.9. The molecule has 5 heteroatoms. The van der Waals surface area contributed by atoms with Gasteiger partial charge in [0.05, 0.1) is 17.1 Å². The van der Waals surface area contributed by atoms with Gasteiger partial charge in [-0.1, -0.05) is 0 Å². The monoisotopic (exact) mass is 256 g/mol. The van der Waals surface area contributed by atoms with Gasteiger partial charge in [0.2, 0.25) is 0 Å². The maximum Gasteiger partial charge on any atom is 0.307 e. The van der Waals surface area contributed by atoms with Crippen LogP contribution in [0.3, 0.4) is 0 Å². The van der Waals surface area contributed by atoms with Crippen LogP contribution in [0.5, 0.6) is 0 Å². The molecule has 0 aromatic carbocycles. The Kier molecular flexibility index (Phi) is 5.08. The van der Waals surface area contributed by atoms with Gasteiger partial charge in [-0.2, -0.15) is 0 Å². The normalized spacial score (nSPS) is 11.5. The molecule has 4 nitrogen and oxygen atoms in total. The van der Waals surface area contributed by atoms with E-state index in [2.05, 4.69) is 10.3 Å². The van der Waals surface area contributed by atoms with Crippen LogP contribution in [0.1, 0.15) is 37.9 Å². The van der Waals surface area contributed by atoms with Crippen molar-refractivity contribution in [1.29, 1.82) is 0 Å². The van der Waals surface area contributed by atoms with Crippen molar-refractivity contribution in [3.8, 4) is 0 Å². The molecular formula is C12H20N2O2S. The highest BCUT2D eigenvalue weighted by Gasteiger charge is 2.15. The van der Waals surface area contributed by atoms with Crippen LogP contribution in [0.2, 0.25) is 0 Å². The molecule has 1 aromatic heterocycles. The Morgan fingerprint density at radius 2 is 2.24 bits per heavy atom. The molecule has 0 unspecified atom stereocenters. The van der Waals surface area contributed by atoms with Crippen LogP contribution in [0.25, 0.3) is 0 Å². The minimum absolute atomic E-state index is 0.167. The lowest BCUT2D eigenvalue weighted by atomic mass is 10.2. The molecule has 0 aliphatic rings. The molecule has 17 heavy (non-hydrogen) atoms. The van der Waals surface area contributed by atoms with Crippen molar-refractivity contribution >= 4 is 17.3 Å². The Balaban J connectivity index is 2.14. The fraction of sp³-hybridized carbons (Fsp3) is 0.667. The summed E-state index contributed by atoms with van der Waals surface area (Å²) < 4.78 is 5.20. The summed E-state index contributed by atoms with van der Waals surface area (Å²) in [6, 6.07) is 0. The van der Waals surface area contributed by atoms with Crippen LogP contribution in [0, 0.1) is 6.92 Å². The number of carbonyl (C=O) groups is 1. The van der Waals surface area contributed by atoms with E-state index < -0.39 is 5.60 Å². The number of aromatic nitrogens is 1. The van der Waals surface area contributed by atoms with Crippen LogP contribution >= 0.6 is 11.3 Å². The lowest BCUT2D eigenvalue weighted by Gasteiger charge is -2.19. The molecule has 0 saturated heterocycles. The number of carbonyl (C=O) groups excluding carboxylic acids is 1. The maximum atomic E-state index is 11.4. The highest BCUT2D eigenvalue weighted by atomic mass is 32.1. The lowest BCUT2D eigenvalue weighted by molar-refractivity contribution is -0.154. The van der Waals surface area contributed by atoms with Crippen LogP contribution in [0.15, 0.2) is 5.38 Å². The van der Waals surface area contributed by atoms with Gasteiger partial charge >= 0.3 is 5.97 Å². The number of rotatable bonds is 5. The molecule has 96 valence electrons. The quantitative estimate of drug-likeness (QED) is 0.648. The standard InChI is InChI=1S/C12H20N2O2S/c1-9-14-10(8-17-9)7-13-6-5-11(15)16-12(2,3)4/h8,13H,5-7H2,1-4H3. The van der Waals surface area contributed by atoms with Gasteiger partial charge in [0.1, 0.15) is 5.60 Å². The third-order valence-electron chi connectivity index (χ3n) is 1.90. The van der Waals surface area contributed by atoms with Gasteiger partial charge in [-0.15, -0.1) is 11.3 Å². The van der Waals surface area contributed by atoms with Gasteiger partial charge in [-0.3, -0.25) is 4.79 Å². The molecule has 0 aliphatic carbocycles. The van der Waals surface area contributed by atoms with Gasteiger partial charge in [0.25, 0.3) is 0 Å². The minimum Gasteiger partial charge on any atom is -0.460 e. The summed E-state index contributed by atoms with van der Waals surface area (Å²) in [7, 11) is 0. The summed E-state index contributed by atoms with van der Waals surface area (Å²) in [5.41, 5.74) is 0.625. The molecule has 1 heterocycles. The number of aryl methyl sites for hydroxylation is 1. The van der Waals surface area contributed by atoms with Crippen LogP contribution in [0.4, 0.5) is 0 Å². The van der Waals surface area contributed by atoms with E-state index in [0.29, 0.717) is 19.5 Å². The molecule has 0 fully saturated rings. The fourth-order valence-corrected chi connectivity index (χ4v) is 1.90. The lowest BCUT2D eigenvalue weighted by Crippen LogP contribution is -2.26. The van der Waals surface area contributed by atoms with Crippen LogP contribution in [-0.4, -0.2) is 23.1 Å². The molecule has 0 aliphatic heterocycles. The van der Waals surface area contributed by atoms with Gasteiger partial charge in [0.15, 0.2) is 0 Å². The van der Waals surface area contributed by atoms with Crippen LogP contribution < -0.4 is 5.32 Å². The summed E-state index contributed by atoms with van der Waals surface area (Å²) >= 11 is 1.63. The SMILES string of the molecule is Cc1nc(CNCCC(=O)OC(C)(C)C)cs1. The third-order valence-corrected chi connectivity index (χ3v) is 2.72. The Labute approximate surface area is 106 Å². The Hall–Kier alpha value is -0.940. The first-order valence-corrected chi connectivity index (χ1v) is 6.58. The molecule has 0 spiro atoms. The van der Waals surface area contributed by atoms with Gasteiger partial charge in [0, 0.05) is 18.5 Å². The Morgan fingerprint density at radius 1 is 1.53 bits per heavy atom. The van der Waals surface area contributed by atoms with E-state index in [1.165, 1.54) is 0 Å². The highest BCUT2D eigenvalue weighted by Crippen LogP contribution is 2.08. The topological polar surface area (TPSA) is 51.2 Å². The number of nitrogens with one attached hydrogen (secondary N) is 1. The predicted molar refractivity (Wildman–Crippen MR) is 69.0 cm³/mol. The molecular weight excluding hydrogens is 236 g/mol. The van der Waals surface area contributed by atoms with Crippen molar-refractivity contribution in [1.82, 2.24) is 10.3 Å². The van der Waals surface area contributed by atoms with Crippen molar-refractivity contribution in [3.05, 3.63) is 16.1 Å². The second-order valence-electron chi connectivity index (χ2n) is 4.87. The number of hydrogen-bond donors (Lipinski definition) is 1. The second-order valence-corrected chi connectivity index (χ2v) is 5.93. The van der Waals surface area contributed by atoms with Gasteiger partial charge in [-0.25, -0.2) is 4.98 Å². The third kappa shape index (κ3) is 6.38. The zero-order valence-corrected chi connectivity index (χ0v) is 11.7. The molecule has 0 atom stereocenters. The maximum absolute atomic E-state index is 11.4. The number of ether oxygens (including phenoxy) is 1. The Bertz CT molecular complexity index is 369. The second kappa shape index (κ2) is 6.12. The van der Waals surface area contributed by atoms with E-state index in [4.69, 9.17) is 4.74 Å². The largest absolute Gasteiger partial charge is 0.460 e. The van der Waals surface area contributed by atoms with E-state index in [1.54, 1.807) is 11.3 Å². The molecule has 0 radical (unpaired) electrons. The van der Waals surface area contributed by atoms with Crippen molar-refractivity contribution in [3.63, 3.8) is 0 Å². The van der Waals surface area contributed by atoms with Gasteiger partial charge < -0.3 is 10.1 Å². The first-order chi connectivity index (χ1) is 7.87. The fourth-order valence-electron chi connectivity index (χ4n) is 1.29. The molecule has 0 amide bonds. The van der Waals surface area contributed by atoms with E-state index >= 15 is 0 Å². The average Bonchev–Trinajstić information content (AvgIpc) is 2.56. The van der Waals surface area contributed by atoms with E-state index in [-0.39, 0.29) is 5.97 Å². The number of nitrogens with zero attached hydrogens (tertiary/aromatic N) is 1. The smallest absolute Gasteiger partial charge is 0.307 e. The highest BCUT2D eigenvalue weighted by molar-refractivity contribution is 7.09. The zero-order valence-electron chi connectivity index (χ0n) is 10.9. The first-order valence-electron chi connectivity index (χ1n) is 5.70. The summed E-state index contributed by atoms with van der Waals surface area (Å²) in [6.45, 7) is 8.91. The molecule has 1 N–H and O–H groups in total. The molecule has 0 bridgehead atoms. The van der Waals surface area contributed by atoms with E-state index in [9.17, 15) is 4.79 Å². The first kappa shape index (κ1) is 14.1. The minimum atomic E-state index is -0.400. The summed E-state index contributed by atoms with van der Waals surface area (Å²) in [4.78, 5) is 15.7. The Morgan fingerprint density at radius 3 is 2.76 bits per heavy atom. The van der Waals surface area contributed by atoms with E-state index in [1.807, 2.05) is 33.1 Å². The molecule has 1 rings (SSSR count). The predicted octanol–water partition coefficient (Wildman–Crippen LogP) is 2.27. The summed E-state index contributed by atoms with van der Waals surface area (Å²) in [6.07, 6.45) is 0.389. The summed E-state index contributed by atoms with van der Waals surface area (Å²) in [5, 5.41) is 6.26.